The fourth-order valence-electron chi connectivity index (χ4n) is 3.01. The van der Waals surface area contributed by atoms with Crippen molar-refractivity contribution >= 4 is 12.3 Å². The van der Waals surface area contributed by atoms with Crippen LogP contribution in [0.3, 0.4) is 0 Å². The average Bonchev–Trinajstić information content (AvgIpc) is 2.92. The van der Waals surface area contributed by atoms with Crippen molar-refractivity contribution in [3.63, 3.8) is 0 Å². The molecule has 2 aliphatic rings. The molecule has 0 radical (unpaired) electrons. The van der Waals surface area contributed by atoms with E-state index in [9.17, 15) is 0 Å². The molecule has 1 aliphatic carbocycles. The third-order valence-electron chi connectivity index (χ3n) is 3.97. The highest BCUT2D eigenvalue weighted by Gasteiger charge is 2.25. The van der Waals surface area contributed by atoms with Gasteiger partial charge in [0.1, 0.15) is 0 Å². The summed E-state index contributed by atoms with van der Waals surface area (Å²) < 4.78 is 5.47. The van der Waals surface area contributed by atoms with Crippen molar-refractivity contribution in [2.45, 2.75) is 12.8 Å². The minimum Gasteiger partial charge on any atom is -0.378 e. The minimum absolute atomic E-state index is 0.787. The quantitative estimate of drug-likeness (QED) is 0.526. The fourth-order valence-corrected chi connectivity index (χ4v) is 3.01. The van der Waals surface area contributed by atoms with Gasteiger partial charge in [0.05, 0.1) is 19.4 Å². The van der Waals surface area contributed by atoms with Crippen LogP contribution in [-0.4, -0.2) is 37.4 Å². The van der Waals surface area contributed by atoms with Gasteiger partial charge in [0.15, 0.2) is 0 Å². The van der Waals surface area contributed by atoms with Gasteiger partial charge < -0.3 is 15.5 Å². The lowest BCUT2D eigenvalue weighted by atomic mass is 10.1. The molecule has 1 fully saturated rings. The van der Waals surface area contributed by atoms with Gasteiger partial charge in [-0.2, -0.15) is 5.10 Å². The molecule has 1 heterocycles. The molecule has 0 saturated carbocycles. The molecule has 1 aromatic rings. The van der Waals surface area contributed by atoms with Gasteiger partial charge in [-0.3, -0.25) is 0 Å². The van der Waals surface area contributed by atoms with E-state index in [1.807, 2.05) is 6.07 Å². The van der Waals surface area contributed by atoms with Crippen LogP contribution in [0.1, 0.15) is 18.4 Å². The van der Waals surface area contributed by atoms with Crippen LogP contribution in [0, 0.1) is 0 Å². The summed E-state index contributed by atoms with van der Waals surface area (Å²) in [6, 6.07) is 10.5. The minimum atomic E-state index is 0.787. The maximum Gasteiger partial charge on any atom is 0.0642 e. The second-order valence-corrected chi connectivity index (χ2v) is 5.33. The van der Waals surface area contributed by atoms with Gasteiger partial charge in [-0.05, 0) is 35.6 Å². The van der Waals surface area contributed by atoms with Crippen LogP contribution in [-0.2, 0) is 4.74 Å². The number of hydrogen-bond donors (Lipinski definition) is 1. The third kappa shape index (κ3) is 3.16. The average molecular weight is 283 g/mol. The molecule has 1 aliphatic heterocycles. The Morgan fingerprint density at radius 1 is 1.10 bits per heavy atom. The molecule has 3 rings (SSSR count). The van der Waals surface area contributed by atoms with E-state index in [-0.39, 0.29) is 0 Å². The zero-order valence-electron chi connectivity index (χ0n) is 12.2. The molecular weight excluding hydrogens is 262 g/mol. The largest absolute Gasteiger partial charge is 0.378 e. The van der Waals surface area contributed by atoms with Crippen LogP contribution in [0.2, 0.25) is 0 Å². The van der Waals surface area contributed by atoms with Crippen molar-refractivity contribution < 1.29 is 4.74 Å². The van der Waals surface area contributed by atoms with Gasteiger partial charge in [-0.1, -0.05) is 30.3 Å². The van der Waals surface area contributed by atoms with Gasteiger partial charge in [-0.15, -0.1) is 0 Å². The molecule has 1 aromatic carbocycles. The molecule has 2 N–H and O–H groups in total. The Hall–Kier alpha value is -2.07. The third-order valence-corrected chi connectivity index (χ3v) is 3.97. The zero-order chi connectivity index (χ0) is 14.5. The van der Waals surface area contributed by atoms with Crippen molar-refractivity contribution in [1.29, 1.82) is 0 Å². The van der Waals surface area contributed by atoms with E-state index in [1.165, 1.54) is 22.4 Å². The number of nitrogens with zero attached hydrogens (tertiary/aromatic N) is 2. The molecule has 4 nitrogen and oxygen atoms in total. The molecule has 0 bridgehead atoms. The molecule has 4 heteroatoms. The van der Waals surface area contributed by atoms with Crippen LogP contribution in [0.5, 0.6) is 0 Å². The Kier molecular flexibility index (Phi) is 4.36. The number of benzene rings is 1. The molecule has 0 unspecified atom stereocenters. The van der Waals surface area contributed by atoms with Gasteiger partial charge in [-0.25, -0.2) is 0 Å². The van der Waals surface area contributed by atoms with Crippen LogP contribution < -0.4 is 5.84 Å². The molecule has 110 valence electrons. The number of nitrogens with two attached hydrogens (primary N) is 1. The summed E-state index contributed by atoms with van der Waals surface area (Å²) in [5.41, 5.74) is 5.15. The summed E-state index contributed by atoms with van der Waals surface area (Å²) in [6.45, 7) is 3.44. The summed E-state index contributed by atoms with van der Waals surface area (Å²) in [7, 11) is 0. The van der Waals surface area contributed by atoms with Gasteiger partial charge >= 0.3 is 0 Å². The van der Waals surface area contributed by atoms with Crippen LogP contribution >= 0.6 is 0 Å². The van der Waals surface area contributed by atoms with Gasteiger partial charge in [0.25, 0.3) is 0 Å². The van der Waals surface area contributed by atoms with Crippen LogP contribution in [0.4, 0.5) is 0 Å². The van der Waals surface area contributed by atoms with Crippen molar-refractivity contribution in [2.75, 3.05) is 26.3 Å². The number of hydrogen-bond acceptors (Lipinski definition) is 4. The van der Waals surface area contributed by atoms with Crippen molar-refractivity contribution in [3.8, 4) is 0 Å². The number of hydrazone groups is 1. The highest BCUT2D eigenvalue weighted by atomic mass is 16.5. The summed E-state index contributed by atoms with van der Waals surface area (Å²) in [6.07, 6.45) is 6.13. The molecule has 0 aromatic heterocycles. The molecule has 0 amide bonds. The SMILES string of the molecule is N/N=C\C1=C(N2CCOCC2)C(=Cc2ccccc2)CC1. The lowest BCUT2D eigenvalue weighted by molar-refractivity contribution is 0.0548. The van der Waals surface area contributed by atoms with E-state index in [0.29, 0.717) is 0 Å². The maximum absolute atomic E-state index is 5.47. The number of ether oxygens (including phenoxy) is 1. The monoisotopic (exact) mass is 283 g/mol. The topological polar surface area (TPSA) is 50.8 Å². The predicted octanol–water partition coefficient (Wildman–Crippen LogP) is 2.39. The first-order valence-electron chi connectivity index (χ1n) is 7.43. The Balaban J connectivity index is 1.94. The highest BCUT2D eigenvalue weighted by molar-refractivity contribution is 5.83. The Bertz CT molecular complexity index is 569. The molecule has 21 heavy (non-hydrogen) atoms. The number of rotatable bonds is 3. The standard InChI is InChI=1S/C17H21N3O/c18-19-13-16-7-6-15(12-14-4-2-1-3-5-14)17(16)20-8-10-21-11-9-20/h1-5,12-13H,6-11,18H2/b15-12?,19-13-. The van der Waals surface area contributed by atoms with E-state index in [0.717, 1.165) is 39.1 Å². The second kappa shape index (κ2) is 6.59. The lowest BCUT2D eigenvalue weighted by Gasteiger charge is -2.31. The maximum atomic E-state index is 5.47. The Morgan fingerprint density at radius 3 is 2.57 bits per heavy atom. The predicted molar refractivity (Wildman–Crippen MR) is 85.8 cm³/mol. The first-order chi connectivity index (χ1) is 10.4. The van der Waals surface area contributed by atoms with Crippen molar-refractivity contribution in [1.82, 2.24) is 4.90 Å². The number of morpholine rings is 1. The van der Waals surface area contributed by atoms with E-state index in [4.69, 9.17) is 10.6 Å². The summed E-state index contributed by atoms with van der Waals surface area (Å²) in [5, 5.41) is 3.74. The van der Waals surface area contributed by atoms with Crippen LogP contribution in [0.15, 0.2) is 52.3 Å². The van der Waals surface area contributed by atoms with E-state index >= 15 is 0 Å². The Labute approximate surface area is 125 Å². The molecule has 0 spiro atoms. The van der Waals surface area contributed by atoms with E-state index in [2.05, 4.69) is 40.3 Å². The molecule has 1 saturated heterocycles. The van der Waals surface area contributed by atoms with Crippen molar-refractivity contribution in [3.05, 3.63) is 52.7 Å². The second-order valence-electron chi connectivity index (χ2n) is 5.33. The number of allylic oxidation sites excluding steroid dienone is 2. The zero-order valence-corrected chi connectivity index (χ0v) is 12.2. The normalized spacial score (nSPS) is 21.7. The molecular formula is C17H21N3O. The summed E-state index contributed by atoms with van der Waals surface area (Å²) >= 11 is 0. The van der Waals surface area contributed by atoms with Gasteiger partial charge in [0, 0.05) is 18.8 Å². The Morgan fingerprint density at radius 2 is 1.86 bits per heavy atom. The summed E-state index contributed by atoms with van der Waals surface area (Å²) in [4.78, 5) is 2.41. The lowest BCUT2D eigenvalue weighted by Crippen LogP contribution is -2.36. The molecule has 0 atom stereocenters. The van der Waals surface area contributed by atoms with E-state index in [1.54, 1.807) is 6.21 Å². The first kappa shape index (κ1) is 13.9. The fraction of sp³-hybridized carbons (Fsp3) is 0.353. The smallest absolute Gasteiger partial charge is 0.0642 e. The van der Waals surface area contributed by atoms with Gasteiger partial charge in [0.2, 0.25) is 0 Å². The van der Waals surface area contributed by atoms with Crippen LogP contribution in [0.25, 0.3) is 6.08 Å². The van der Waals surface area contributed by atoms with E-state index < -0.39 is 0 Å². The van der Waals surface area contributed by atoms with Crippen molar-refractivity contribution in [2.24, 2.45) is 10.9 Å². The highest BCUT2D eigenvalue weighted by Crippen LogP contribution is 2.34. The summed E-state index contributed by atoms with van der Waals surface area (Å²) in [5.74, 6) is 5.37. The first-order valence-corrected chi connectivity index (χ1v) is 7.43.